The lowest BCUT2D eigenvalue weighted by atomic mass is 10.1. The normalized spacial score (nSPS) is 10.7. The number of benzene rings is 1. The first kappa shape index (κ1) is 17.6. The fourth-order valence-corrected chi connectivity index (χ4v) is 1.71. The van der Waals surface area contributed by atoms with Crippen molar-refractivity contribution in [3.05, 3.63) is 36.4 Å². The molecule has 0 fully saturated rings. The van der Waals surface area contributed by atoms with Crippen molar-refractivity contribution in [3.63, 3.8) is 0 Å². The third kappa shape index (κ3) is 4.80. The molecule has 0 spiro atoms. The van der Waals surface area contributed by atoms with E-state index in [9.17, 15) is 9.59 Å². The quantitative estimate of drug-likeness (QED) is 0.706. The average Bonchev–Trinajstić information content (AvgIpc) is 2.45. The second-order valence-corrected chi connectivity index (χ2v) is 5.30. The van der Waals surface area contributed by atoms with Crippen LogP contribution in [0.3, 0.4) is 0 Å². The Labute approximate surface area is 130 Å². The summed E-state index contributed by atoms with van der Waals surface area (Å²) in [4.78, 5) is 23.0. The highest BCUT2D eigenvalue weighted by Gasteiger charge is 2.26. The molecule has 3 N–H and O–H groups in total. The van der Waals surface area contributed by atoms with Gasteiger partial charge in [-0.1, -0.05) is 12.1 Å². The molecular formula is C16H22N2O4. The zero-order chi connectivity index (χ0) is 16.8. The number of ether oxygens (including phenoxy) is 2. The largest absolute Gasteiger partial charge is 0.493 e. The van der Waals surface area contributed by atoms with E-state index in [1.165, 1.54) is 21.0 Å². The van der Waals surface area contributed by atoms with Crippen LogP contribution in [0.2, 0.25) is 0 Å². The lowest BCUT2D eigenvalue weighted by molar-refractivity contribution is -0.131. The van der Waals surface area contributed by atoms with Gasteiger partial charge in [0.25, 0.3) is 5.91 Å². The van der Waals surface area contributed by atoms with Crippen LogP contribution >= 0.6 is 0 Å². The fraction of sp³-hybridized carbons (Fsp3) is 0.375. The van der Waals surface area contributed by atoms with Crippen molar-refractivity contribution < 1.29 is 19.1 Å². The van der Waals surface area contributed by atoms with Crippen LogP contribution in [0.25, 0.3) is 0 Å². The van der Waals surface area contributed by atoms with Crippen LogP contribution in [-0.2, 0) is 16.0 Å². The molecule has 6 heteroatoms. The minimum atomic E-state index is -1.13. The maximum absolute atomic E-state index is 11.8. The molecule has 0 saturated carbocycles. The predicted octanol–water partition coefficient (Wildman–Crippen LogP) is 1.18. The maximum Gasteiger partial charge on any atom is 0.258 e. The molecule has 6 nitrogen and oxygen atoms in total. The highest BCUT2D eigenvalue weighted by Crippen LogP contribution is 2.28. The first-order valence-electron chi connectivity index (χ1n) is 6.81. The van der Waals surface area contributed by atoms with Crippen molar-refractivity contribution in [2.24, 2.45) is 5.73 Å². The van der Waals surface area contributed by atoms with E-state index in [-0.39, 0.29) is 6.61 Å². The molecule has 2 amide bonds. The van der Waals surface area contributed by atoms with Gasteiger partial charge in [0.1, 0.15) is 5.54 Å². The zero-order valence-electron chi connectivity index (χ0n) is 13.1. The number of allylic oxidation sites excluding steroid dienone is 1. The van der Waals surface area contributed by atoms with Gasteiger partial charge in [0, 0.05) is 0 Å². The van der Waals surface area contributed by atoms with Crippen LogP contribution < -0.4 is 20.5 Å². The summed E-state index contributed by atoms with van der Waals surface area (Å²) < 4.78 is 10.7. The maximum atomic E-state index is 11.8. The summed E-state index contributed by atoms with van der Waals surface area (Å²) >= 11 is 0. The molecule has 0 radical (unpaired) electrons. The predicted molar refractivity (Wildman–Crippen MR) is 83.8 cm³/mol. The molecule has 0 saturated heterocycles. The van der Waals surface area contributed by atoms with Gasteiger partial charge in [-0.15, -0.1) is 6.58 Å². The van der Waals surface area contributed by atoms with Gasteiger partial charge < -0.3 is 20.5 Å². The van der Waals surface area contributed by atoms with Crippen molar-refractivity contribution in [2.45, 2.75) is 25.8 Å². The van der Waals surface area contributed by atoms with E-state index >= 15 is 0 Å². The summed E-state index contributed by atoms with van der Waals surface area (Å²) in [6.07, 6.45) is 2.50. The molecule has 120 valence electrons. The number of primary amides is 1. The summed E-state index contributed by atoms with van der Waals surface area (Å²) in [7, 11) is 1.52. The number of carbonyl (C=O) groups excluding carboxylic acids is 2. The molecule has 1 aromatic carbocycles. The first-order chi connectivity index (χ1) is 10.3. The number of rotatable bonds is 8. The van der Waals surface area contributed by atoms with Crippen LogP contribution in [0, 0.1) is 0 Å². The van der Waals surface area contributed by atoms with E-state index in [2.05, 4.69) is 11.9 Å². The van der Waals surface area contributed by atoms with E-state index in [0.717, 1.165) is 5.56 Å². The van der Waals surface area contributed by atoms with Crippen molar-refractivity contribution in [1.82, 2.24) is 5.32 Å². The topological polar surface area (TPSA) is 90.6 Å². The molecule has 0 atom stereocenters. The lowest BCUT2D eigenvalue weighted by Gasteiger charge is -2.22. The van der Waals surface area contributed by atoms with Gasteiger partial charge in [-0.2, -0.15) is 0 Å². The molecule has 0 bridgehead atoms. The summed E-state index contributed by atoms with van der Waals surface area (Å²) in [5, 5.41) is 2.50. The fourth-order valence-electron chi connectivity index (χ4n) is 1.71. The lowest BCUT2D eigenvalue weighted by Crippen LogP contribution is -2.54. The van der Waals surface area contributed by atoms with Crippen LogP contribution in [0.4, 0.5) is 0 Å². The third-order valence-electron chi connectivity index (χ3n) is 3.03. The Hall–Kier alpha value is -2.50. The van der Waals surface area contributed by atoms with Crippen molar-refractivity contribution in [3.8, 4) is 11.5 Å². The van der Waals surface area contributed by atoms with Gasteiger partial charge >= 0.3 is 0 Å². The smallest absolute Gasteiger partial charge is 0.258 e. The van der Waals surface area contributed by atoms with Gasteiger partial charge in [0.2, 0.25) is 5.91 Å². The second kappa shape index (κ2) is 7.49. The summed E-state index contributed by atoms with van der Waals surface area (Å²) in [5.41, 5.74) is 5.09. The highest BCUT2D eigenvalue weighted by molar-refractivity contribution is 5.90. The van der Waals surface area contributed by atoms with Gasteiger partial charge in [-0.05, 0) is 38.0 Å². The van der Waals surface area contributed by atoms with Crippen molar-refractivity contribution in [2.75, 3.05) is 13.7 Å². The number of methoxy groups -OCH3 is 1. The Morgan fingerprint density at radius 2 is 2.05 bits per heavy atom. The molecule has 0 aliphatic carbocycles. The summed E-state index contributed by atoms with van der Waals surface area (Å²) in [6, 6.07) is 5.41. The Balaban J connectivity index is 2.69. The SMILES string of the molecule is C=CCc1ccc(OCC(=O)NC(C)(C)C(N)=O)c(OC)c1. The monoisotopic (exact) mass is 306 g/mol. The Bertz CT molecular complexity index is 567. The molecule has 0 unspecified atom stereocenters. The number of amides is 2. The van der Waals surface area contributed by atoms with Crippen LogP contribution in [0.1, 0.15) is 19.4 Å². The first-order valence-corrected chi connectivity index (χ1v) is 6.81. The van der Waals surface area contributed by atoms with Crippen LogP contribution in [0.15, 0.2) is 30.9 Å². The molecular weight excluding hydrogens is 284 g/mol. The van der Waals surface area contributed by atoms with Crippen molar-refractivity contribution >= 4 is 11.8 Å². The van der Waals surface area contributed by atoms with Gasteiger partial charge in [-0.25, -0.2) is 0 Å². The number of nitrogens with two attached hydrogens (primary N) is 1. The molecule has 0 aliphatic rings. The van der Waals surface area contributed by atoms with Gasteiger partial charge in [0.05, 0.1) is 7.11 Å². The summed E-state index contributed by atoms with van der Waals surface area (Å²) in [5.74, 6) is -0.0862. The zero-order valence-corrected chi connectivity index (χ0v) is 13.1. The van der Waals surface area contributed by atoms with Crippen LogP contribution in [-0.4, -0.2) is 31.1 Å². The highest BCUT2D eigenvalue weighted by atomic mass is 16.5. The number of nitrogens with one attached hydrogen (secondary N) is 1. The molecule has 1 rings (SSSR count). The molecule has 22 heavy (non-hydrogen) atoms. The molecule has 0 heterocycles. The minimum Gasteiger partial charge on any atom is -0.493 e. The van der Waals surface area contributed by atoms with E-state index < -0.39 is 17.4 Å². The van der Waals surface area contributed by atoms with E-state index in [0.29, 0.717) is 17.9 Å². The molecule has 0 aromatic heterocycles. The molecule has 1 aromatic rings. The van der Waals surface area contributed by atoms with Crippen LogP contribution in [0.5, 0.6) is 11.5 Å². The Morgan fingerprint density at radius 3 is 2.59 bits per heavy atom. The Kier molecular flexibility index (Phi) is 5.98. The number of carbonyl (C=O) groups is 2. The molecule has 0 aliphatic heterocycles. The van der Waals surface area contributed by atoms with E-state index in [4.69, 9.17) is 15.2 Å². The number of hydrogen-bond acceptors (Lipinski definition) is 4. The van der Waals surface area contributed by atoms with E-state index in [1.54, 1.807) is 12.1 Å². The summed E-state index contributed by atoms with van der Waals surface area (Å²) in [6.45, 7) is 6.49. The van der Waals surface area contributed by atoms with Gasteiger partial charge in [0.15, 0.2) is 18.1 Å². The number of hydrogen-bond donors (Lipinski definition) is 2. The van der Waals surface area contributed by atoms with Crippen molar-refractivity contribution in [1.29, 1.82) is 0 Å². The van der Waals surface area contributed by atoms with Gasteiger partial charge in [-0.3, -0.25) is 9.59 Å². The Morgan fingerprint density at radius 1 is 1.36 bits per heavy atom. The van der Waals surface area contributed by atoms with E-state index in [1.807, 2.05) is 12.1 Å². The second-order valence-electron chi connectivity index (χ2n) is 5.30. The third-order valence-corrected chi connectivity index (χ3v) is 3.03. The minimum absolute atomic E-state index is 0.242. The standard InChI is InChI=1S/C16H22N2O4/c1-5-6-11-7-8-12(13(9-11)21-4)22-10-14(19)18-16(2,3)15(17)20/h5,7-9H,1,6,10H2,2-4H3,(H2,17,20)(H,18,19). The average molecular weight is 306 g/mol.